The minimum Gasteiger partial charge on any atom is -0.459 e. The van der Waals surface area contributed by atoms with E-state index in [2.05, 4.69) is 5.32 Å². The quantitative estimate of drug-likeness (QED) is 0.775. The average Bonchev–Trinajstić information content (AvgIpc) is 3.14. The normalized spacial score (nSPS) is 33.3. The van der Waals surface area contributed by atoms with Gasteiger partial charge in [-0.2, -0.15) is 0 Å². The number of carbonyl (C=O) groups is 3. The lowest BCUT2D eigenvalue weighted by atomic mass is 9.48. The second-order valence-electron chi connectivity index (χ2n) is 8.81. The number of carbonyl (C=O) groups excluding carboxylic acids is 3. The van der Waals surface area contributed by atoms with Crippen LogP contribution in [0, 0.1) is 23.2 Å². The molecule has 0 radical (unpaired) electrons. The fourth-order valence-electron chi connectivity index (χ4n) is 5.91. The van der Waals surface area contributed by atoms with Crippen molar-refractivity contribution in [3.05, 3.63) is 24.2 Å². The number of ketones is 1. The fourth-order valence-corrected chi connectivity index (χ4v) is 5.91. The van der Waals surface area contributed by atoms with Crippen LogP contribution in [0.25, 0.3) is 0 Å². The monoisotopic (exact) mass is 373 g/mol. The summed E-state index contributed by atoms with van der Waals surface area (Å²) < 4.78 is 10.5. The Hall–Kier alpha value is -2.11. The maximum atomic E-state index is 13.2. The third kappa shape index (κ3) is 3.42. The van der Waals surface area contributed by atoms with E-state index in [0.717, 1.165) is 19.3 Å². The SMILES string of the molecule is C[C@H](NC(=O)c1ccco1)C(=O)O[C@H](C)C(=O)C12CC3CC(CC(C3)C1)C2. The van der Waals surface area contributed by atoms with Crippen LogP contribution in [0.4, 0.5) is 0 Å². The molecule has 0 spiro atoms. The number of hydrogen-bond acceptors (Lipinski definition) is 5. The molecule has 27 heavy (non-hydrogen) atoms. The van der Waals surface area contributed by atoms with Gasteiger partial charge in [-0.25, -0.2) is 4.79 Å². The average molecular weight is 373 g/mol. The zero-order chi connectivity index (χ0) is 19.2. The Kier molecular flexibility index (Phi) is 4.60. The lowest BCUT2D eigenvalue weighted by Gasteiger charge is -2.56. The molecule has 6 heteroatoms. The standard InChI is InChI=1S/C21H27NO5/c1-12(22-19(24)17-4-3-5-26-17)20(25)27-13(2)18(23)21-9-14-6-15(10-21)8-16(7-14)11-21/h3-5,12-16H,6-11H2,1-2H3,(H,22,24)/t12-,13+,14?,15?,16?,21?/m0/s1. The van der Waals surface area contributed by atoms with E-state index in [1.165, 1.54) is 31.6 Å². The highest BCUT2D eigenvalue weighted by Gasteiger charge is 2.55. The summed E-state index contributed by atoms with van der Waals surface area (Å²) in [6.07, 6.45) is 7.24. The molecule has 1 aromatic heterocycles. The molecule has 1 amide bonds. The molecule has 4 bridgehead atoms. The van der Waals surface area contributed by atoms with Crippen LogP contribution in [-0.4, -0.2) is 29.8 Å². The van der Waals surface area contributed by atoms with Gasteiger partial charge in [0.2, 0.25) is 0 Å². The Morgan fingerprint density at radius 1 is 1.11 bits per heavy atom. The molecule has 0 saturated heterocycles. The smallest absolute Gasteiger partial charge is 0.329 e. The van der Waals surface area contributed by atoms with Gasteiger partial charge in [0.15, 0.2) is 17.6 Å². The molecule has 6 nitrogen and oxygen atoms in total. The molecular weight excluding hydrogens is 346 g/mol. The minimum absolute atomic E-state index is 0.0690. The van der Waals surface area contributed by atoms with E-state index in [4.69, 9.17) is 9.15 Å². The molecule has 1 aromatic rings. The van der Waals surface area contributed by atoms with Crippen molar-refractivity contribution in [1.82, 2.24) is 5.32 Å². The van der Waals surface area contributed by atoms with Crippen LogP contribution >= 0.6 is 0 Å². The van der Waals surface area contributed by atoms with Gasteiger partial charge in [0, 0.05) is 5.41 Å². The highest BCUT2D eigenvalue weighted by molar-refractivity contribution is 5.95. The number of Topliss-reactive ketones (excluding diaryl/α,β-unsaturated/α-hetero) is 1. The molecule has 4 saturated carbocycles. The van der Waals surface area contributed by atoms with Crippen molar-refractivity contribution in [2.75, 3.05) is 0 Å². The van der Waals surface area contributed by atoms with Crippen molar-refractivity contribution in [3.63, 3.8) is 0 Å². The summed E-state index contributed by atoms with van der Waals surface area (Å²) in [6.45, 7) is 3.21. The van der Waals surface area contributed by atoms with Crippen LogP contribution < -0.4 is 5.32 Å². The lowest BCUT2D eigenvalue weighted by Crippen LogP contribution is -2.53. The lowest BCUT2D eigenvalue weighted by molar-refractivity contribution is -0.165. The molecule has 0 aliphatic heterocycles. The largest absolute Gasteiger partial charge is 0.459 e. The van der Waals surface area contributed by atoms with E-state index in [1.54, 1.807) is 19.9 Å². The summed E-state index contributed by atoms with van der Waals surface area (Å²) in [5, 5.41) is 2.54. The summed E-state index contributed by atoms with van der Waals surface area (Å²) >= 11 is 0. The van der Waals surface area contributed by atoms with Crippen LogP contribution in [0.5, 0.6) is 0 Å². The van der Waals surface area contributed by atoms with Crippen LogP contribution in [0.2, 0.25) is 0 Å². The second-order valence-corrected chi connectivity index (χ2v) is 8.81. The molecule has 5 rings (SSSR count). The Morgan fingerprint density at radius 3 is 2.22 bits per heavy atom. The van der Waals surface area contributed by atoms with Crippen molar-refractivity contribution in [3.8, 4) is 0 Å². The predicted molar refractivity (Wildman–Crippen MR) is 96.8 cm³/mol. The van der Waals surface area contributed by atoms with Crippen molar-refractivity contribution >= 4 is 17.7 Å². The van der Waals surface area contributed by atoms with Gasteiger partial charge in [-0.15, -0.1) is 0 Å². The summed E-state index contributed by atoms with van der Waals surface area (Å²) in [4.78, 5) is 37.5. The second kappa shape index (κ2) is 6.80. The summed E-state index contributed by atoms with van der Waals surface area (Å²) in [5.41, 5.74) is -0.297. The molecule has 4 aliphatic carbocycles. The van der Waals surface area contributed by atoms with E-state index >= 15 is 0 Å². The first-order valence-electron chi connectivity index (χ1n) is 9.95. The van der Waals surface area contributed by atoms with Gasteiger partial charge in [-0.3, -0.25) is 9.59 Å². The Balaban J connectivity index is 1.35. The Morgan fingerprint density at radius 2 is 1.70 bits per heavy atom. The number of esters is 1. The van der Waals surface area contributed by atoms with E-state index in [0.29, 0.717) is 17.8 Å². The van der Waals surface area contributed by atoms with E-state index in [-0.39, 0.29) is 17.0 Å². The highest BCUT2D eigenvalue weighted by Crippen LogP contribution is 2.60. The molecule has 4 fully saturated rings. The van der Waals surface area contributed by atoms with Gasteiger partial charge in [0.1, 0.15) is 6.04 Å². The molecule has 0 aromatic carbocycles. The van der Waals surface area contributed by atoms with Gasteiger partial charge in [0.05, 0.1) is 6.26 Å². The summed E-state index contributed by atoms with van der Waals surface area (Å²) in [6, 6.07) is 2.27. The molecule has 2 atom stereocenters. The third-order valence-corrected chi connectivity index (χ3v) is 6.67. The van der Waals surface area contributed by atoms with Gasteiger partial charge in [-0.1, -0.05) is 0 Å². The van der Waals surface area contributed by atoms with E-state index < -0.39 is 24.0 Å². The first-order valence-corrected chi connectivity index (χ1v) is 9.95. The van der Waals surface area contributed by atoms with Crippen LogP contribution in [0.3, 0.4) is 0 Å². The Bertz CT molecular complexity index is 702. The zero-order valence-corrected chi connectivity index (χ0v) is 15.9. The van der Waals surface area contributed by atoms with Crippen molar-refractivity contribution in [2.24, 2.45) is 23.2 Å². The van der Waals surface area contributed by atoms with Crippen molar-refractivity contribution in [2.45, 2.75) is 64.5 Å². The van der Waals surface area contributed by atoms with E-state index in [1.807, 2.05) is 0 Å². The summed E-state index contributed by atoms with van der Waals surface area (Å²) in [7, 11) is 0. The number of rotatable bonds is 6. The first-order chi connectivity index (χ1) is 12.9. The number of hydrogen-bond donors (Lipinski definition) is 1. The topological polar surface area (TPSA) is 85.6 Å². The number of furan rings is 1. The van der Waals surface area contributed by atoms with Gasteiger partial charge >= 0.3 is 5.97 Å². The Labute approximate surface area is 159 Å². The third-order valence-electron chi connectivity index (χ3n) is 6.67. The van der Waals surface area contributed by atoms with Gasteiger partial charge in [0.25, 0.3) is 5.91 Å². The molecule has 1 heterocycles. The first kappa shape index (κ1) is 18.3. The molecule has 4 aliphatic rings. The molecule has 1 N–H and O–H groups in total. The zero-order valence-electron chi connectivity index (χ0n) is 15.9. The molecule has 0 unspecified atom stereocenters. The van der Waals surface area contributed by atoms with Crippen LogP contribution in [0.1, 0.15) is 62.9 Å². The van der Waals surface area contributed by atoms with Gasteiger partial charge in [-0.05, 0) is 82.3 Å². The molecular formula is C21H27NO5. The number of nitrogens with one attached hydrogen (secondary N) is 1. The molecule has 146 valence electrons. The predicted octanol–water partition coefficient (Wildman–Crippen LogP) is 3.12. The number of amides is 1. The fraction of sp³-hybridized carbons (Fsp3) is 0.667. The van der Waals surface area contributed by atoms with E-state index in [9.17, 15) is 14.4 Å². The maximum Gasteiger partial charge on any atom is 0.329 e. The van der Waals surface area contributed by atoms with Crippen molar-refractivity contribution < 1.29 is 23.5 Å². The highest BCUT2D eigenvalue weighted by atomic mass is 16.5. The van der Waals surface area contributed by atoms with Gasteiger partial charge < -0.3 is 14.5 Å². The number of ether oxygens (including phenoxy) is 1. The summed E-state index contributed by atoms with van der Waals surface area (Å²) in [5.74, 6) is 1.11. The van der Waals surface area contributed by atoms with Crippen LogP contribution in [-0.2, 0) is 14.3 Å². The minimum atomic E-state index is -0.853. The maximum absolute atomic E-state index is 13.2. The van der Waals surface area contributed by atoms with Crippen LogP contribution in [0.15, 0.2) is 22.8 Å². The van der Waals surface area contributed by atoms with Crippen molar-refractivity contribution in [1.29, 1.82) is 0 Å².